The maximum atomic E-state index is 13.8. The SMILES string of the molecule is CCOC(=O)C(I)(CC1CCCCC1)OC(=O)/C(=C/C1CCC(CC)CC1)c1ccc(SC)cc1. The topological polar surface area (TPSA) is 52.6 Å². The standard InChI is InChI=1S/C29H41IO4S/c1-4-21-11-13-22(14-12-21)19-26(24-15-17-25(35-3)18-16-24)27(31)34-29(30,28(32)33-5-2)20-23-9-7-6-8-10-23/h15-19,21-23H,4-14,20H2,1-3H3/b26-19+. The zero-order valence-corrected chi connectivity index (χ0v) is 24.5. The van der Waals surface area contributed by atoms with Gasteiger partial charge < -0.3 is 9.47 Å². The van der Waals surface area contributed by atoms with E-state index in [1.165, 1.54) is 38.5 Å². The summed E-state index contributed by atoms with van der Waals surface area (Å²) in [7, 11) is 0. The minimum Gasteiger partial charge on any atom is -0.462 e. The average molecular weight is 613 g/mol. The van der Waals surface area contributed by atoms with Crippen LogP contribution in [0.25, 0.3) is 5.57 Å². The number of rotatable bonds is 10. The molecule has 0 spiro atoms. The Morgan fingerprint density at radius 3 is 2.23 bits per heavy atom. The van der Waals surface area contributed by atoms with E-state index in [2.05, 4.69) is 13.0 Å². The number of allylic oxidation sites excluding steroid dienone is 1. The molecule has 6 heteroatoms. The van der Waals surface area contributed by atoms with Crippen LogP contribution in [0.15, 0.2) is 35.2 Å². The first kappa shape index (κ1) is 28.5. The number of hydrogen-bond donors (Lipinski definition) is 0. The molecule has 194 valence electrons. The van der Waals surface area contributed by atoms with Crippen molar-refractivity contribution in [1.82, 2.24) is 0 Å². The molecule has 1 atom stereocenters. The molecular weight excluding hydrogens is 571 g/mol. The summed E-state index contributed by atoms with van der Waals surface area (Å²) in [4.78, 5) is 27.9. The van der Waals surface area contributed by atoms with Crippen LogP contribution < -0.4 is 0 Å². The third-order valence-electron chi connectivity index (χ3n) is 7.60. The minimum absolute atomic E-state index is 0.269. The first-order chi connectivity index (χ1) is 16.9. The Labute approximate surface area is 229 Å². The molecule has 0 heterocycles. The Kier molecular flexibility index (Phi) is 11.5. The van der Waals surface area contributed by atoms with Gasteiger partial charge in [-0.3, -0.25) is 0 Å². The van der Waals surface area contributed by atoms with Crippen molar-refractivity contribution in [3.8, 4) is 0 Å². The van der Waals surface area contributed by atoms with Gasteiger partial charge in [-0.05, 0) is 96.9 Å². The van der Waals surface area contributed by atoms with Crippen LogP contribution in [0.1, 0.15) is 90.0 Å². The number of esters is 2. The molecule has 2 fully saturated rings. The molecule has 1 aromatic rings. The van der Waals surface area contributed by atoms with Crippen LogP contribution in [0.5, 0.6) is 0 Å². The number of hydrogen-bond acceptors (Lipinski definition) is 5. The van der Waals surface area contributed by atoms with Gasteiger partial charge in [0.05, 0.1) is 12.2 Å². The maximum absolute atomic E-state index is 13.8. The molecule has 0 aromatic heterocycles. The van der Waals surface area contributed by atoms with Crippen LogP contribution in [-0.2, 0) is 19.1 Å². The highest BCUT2D eigenvalue weighted by molar-refractivity contribution is 14.1. The number of carbonyl (C=O) groups excluding carboxylic acids is 2. The monoisotopic (exact) mass is 612 g/mol. The van der Waals surface area contributed by atoms with Crippen LogP contribution in [-0.4, -0.2) is 28.4 Å². The van der Waals surface area contributed by atoms with Gasteiger partial charge in [-0.2, -0.15) is 0 Å². The molecule has 4 nitrogen and oxygen atoms in total. The first-order valence-electron chi connectivity index (χ1n) is 13.3. The molecule has 3 rings (SSSR count). The Hall–Kier alpha value is -1.02. The largest absolute Gasteiger partial charge is 0.462 e. The average Bonchev–Trinajstić information content (AvgIpc) is 2.88. The lowest BCUT2D eigenvalue weighted by atomic mass is 9.80. The maximum Gasteiger partial charge on any atom is 0.361 e. The lowest BCUT2D eigenvalue weighted by Gasteiger charge is -2.32. The lowest BCUT2D eigenvalue weighted by molar-refractivity contribution is -0.167. The van der Waals surface area contributed by atoms with E-state index in [1.54, 1.807) is 18.7 Å². The van der Waals surface area contributed by atoms with E-state index in [1.807, 2.05) is 53.1 Å². The molecule has 0 bridgehead atoms. The number of carbonyl (C=O) groups is 2. The fourth-order valence-electron chi connectivity index (χ4n) is 5.42. The fourth-order valence-corrected chi connectivity index (χ4v) is 6.81. The molecule has 2 saturated carbocycles. The fraction of sp³-hybridized carbons (Fsp3) is 0.655. The molecule has 1 unspecified atom stereocenters. The summed E-state index contributed by atoms with van der Waals surface area (Å²) in [5.41, 5.74) is 1.43. The third-order valence-corrected chi connectivity index (χ3v) is 9.45. The zero-order valence-electron chi connectivity index (χ0n) is 21.5. The highest BCUT2D eigenvalue weighted by Gasteiger charge is 2.44. The summed E-state index contributed by atoms with van der Waals surface area (Å²) in [6, 6.07) is 8.08. The molecule has 0 radical (unpaired) electrons. The second-order valence-electron chi connectivity index (χ2n) is 10.0. The van der Waals surface area contributed by atoms with Crippen molar-refractivity contribution in [2.24, 2.45) is 17.8 Å². The van der Waals surface area contributed by atoms with Crippen molar-refractivity contribution < 1.29 is 19.1 Å². The van der Waals surface area contributed by atoms with Crippen LogP contribution >= 0.6 is 34.4 Å². The Balaban J connectivity index is 1.87. The normalized spacial score (nSPS) is 23.4. The summed E-state index contributed by atoms with van der Waals surface area (Å²) < 4.78 is 10.2. The van der Waals surface area contributed by atoms with Crippen molar-refractivity contribution in [3.05, 3.63) is 35.9 Å². The van der Waals surface area contributed by atoms with E-state index < -0.39 is 15.5 Å². The van der Waals surface area contributed by atoms with E-state index in [4.69, 9.17) is 9.47 Å². The highest BCUT2D eigenvalue weighted by Crippen LogP contribution is 2.39. The van der Waals surface area contributed by atoms with E-state index in [0.717, 1.165) is 42.1 Å². The van der Waals surface area contributed by atoms with Gasteiger partial charge in [0, 0.05) is 11.3 Å². The summed E-state index contributed by atoms with van der Waals surface area (Å²) in [5.74, 6) is 0.649. The summed E-state index contributed by atoms with van der Waals surface area (Å²) in [6.45, 7) is 4.33. The van der Waals surface area contributed by atoms with Crippen molar-refractivity contribution in [1.29, 1.82) is 0 Å². The van der Waals surface area contributed by atoms with Gasteiger partial charge >= 0.3 is 11.9 Å². The summed E-state index contributed by atoms with van der Waals surface area (Å²) in [6.07, 6.45) is 16.2. The summed E-state index contributed by atoms with van der Waals surface area (Å²) in [5, 5.41) is 0. The molecule has 0 amide bonds. The van der Waals surface area contributed by atoms with Crippen LogP contribution in [0, 0.1) is 17.8 Å². The number of thioether (sulfide) groups is 1. The molecule has 35 heavy (non-hydrogen) atoms. The van der Waals surface area contributed by atoms with Crippen LogP contribution in [0.2, 0.25) is 0 Å². The number of alkyl halides is 1. The van der Waals surface area contributed by atoms with Crippen molar-refractivity contribution >= 4 is 51.9 Å². The number of ether oxygens (including phenoxy) is 2. The Morgan fingerprint density at radius 1 is 1.00 bits per heavy atom. The van der Waals surface area contributed by atoms with E-state index in [0.29, 0.717) is 23.8 Å². The van der Waals surface area contributed by atoms with Gasteiger partial charge in [0.1, 0.15) is 0 Å². The second-order valence-corrected chi connectivity index (χ2v) is 12.7. The molecule has 1 aromatic carbocycles. The zero-order chi connectivity index (χ0) is 25.3. The van der Waals surface area contributed by atoms with Gasteiger partial charge in [-0.1, -0.05) is 63.7 Å². The van der Waals surface area contributed by atoms with Crippen molar-refractivity contribution in [2.75, 3.05) is 12.9 Å². The smallest absolute Gasteiger partial charge is 0.361 e. The lowest BCUT2D eigenvalue weighted by Crippen LogP contribution is -2.41. The molecular formula is C29H41IO4S. The van der Waals surface area contributed by atoms with Crippen LogP contribution in [0.4, 0.5) is 0 Å². The molecule has 0 N–H and O–H groups in total. The number of halogens is 1. The Morgan fingerprint density at radius 2 is 1.66 bits per heavy atom. The van der Waals surface area contributed by atoms with Crippen molar-refractivity contribution in [2.45, 2.75) is 93.0 Å². The predicted octanol–water partition coefficient (Wildman–Crippen LogP) is 8.22. The van der Waals surface area contributed by atoms with Gasteiger partial charge in [0.2, 0.25) is 0 Å². The van der Waals surface area contributed by atoms with E-state index in [9.17, 15) is 9.59 Å². The van der Waals surface area contributed by atoms with Gasteiger partial charge in [-0.15, -0.1) is 11.8 Å². The van der Waals surface area contributed by atoms with E-state index in [-0.39, 0.29) is 6.61 Å². The molecule has 0 aliphatic heterocycles. The minimum atomic E-state index is -1.30. The van der Waals surface area contributed by atoms with Gasteiger partial charge in [0.15, 0.2) is 0 Å². The second kappa shape index (κ2) is 14.1. The molecule has 2 aliphatic carbocycles. The Bertz CT molecular complexity index is 854. The third kappa shape index (κ3) is 8.24. The predicted molar refractivity (Wildman–Crippen MR) is 153 cm³/mol. The van der Waals surface area contributed by atoms with Gasteiger partial charge in [-0.25, -0.2) is 9.59 Å². The number of benzene rings is 1. The highest BCUT2D eigenvalue weighted by atomic mass is 127. The first-order valence-corrected chi connectivity index (χ1v) is 15.6. The van der Waals surface area contributed by atoms with Crippen LogP contribution in [0.3, 0.4) is 0 Å². The quantitative estimate of drug-likeness (QED) is 0.0877. The molecule has 2 aliphatic rings. The van der Waals surface area contributed by atoms with Crippen molar-refractivity contribution in [3.63, 3.8) is 0 Å². The summed E-state index contributed by atoms with van der Waals surface area (Å²) >= 11 is 3.71. The van der Waals surface area contributed by atoms with Gasteiger partial charge in [0.25, 0.3) is 3.61 Å². The van der Waals surface area contributed by atoms with E-state index >= 15 is 0 Å². The molecule has 0 saturated heterocycles.